The number of nitrogens with one attached hydrogen (secondary N) is 1. The highest BCUT2D eigenvalue weighted by Gasteiger charge is 2.06. The first-order valence-corrected chi connectivity index (χ1v) is 3.55. The highest BCUT2D eigenvalue weighted by Crippen LogP contribution is 2.21. The third-order valence-electron chi connectivity index (χ3n) is 1.73. The van der Waals surface area contributed by atoms with Crippen LogP contribution >= 0.6 is 0 Å². The Morgan fingerprint density at radius 1 is 1.27 bits per heavy atom. The molecule has 0 fully saturated rings. The maximum atomic E-state index is 7.37. The molecule has 1 aromatic carbocycles. The molecule has 2 rings (SSSR count). The fraction of sp³-hybridized carbons (Fsp3) is 0.111. The number of fused-ring (bicyclic) bond motifs is 1. The van der Waals surface area contributed by atoms with Crippen LogP contribution in [0.1, 0.15) is 5.56 Å². The van der Waals surface area contributed by atoms with Gasteiger partial charge in [-0.1, -0.05) is 18.2 Å². The fourth-order valence-electron chi connectivity index (χ4n) is 1.18. The highest BCUT2D eigenvalue weighted by molar-refractivity contribution is 6.31. The lowest BCUT2D eigenvalue weighted by molar-refractivity contribution is 1.26. The van der Waals surface area contributed by atoms with Crippen LogP contribution in [0.5, 0.6) is 0 Å². The van der Waals surface area contributed by atoms with Gasteiger partial charge >= 0.3 is 0 Å². The molecule has 54 valence electrons. The summed E-state index contributed by atoms with van der Waals surface area (Å²) in [6.07, 6.45) is 2.34. The van der Waals surface area contributed by atoms with Gasteiger partial charge in [0.05, 0.1) is 11.4 Å². The first-order valence-electron chi connectivity index (χ1n) is 3.55. The second-order valence-corrected chi connectivity index (χ2v) is 2.59. The highest BCUT2D eigenvalue weighted by atomic mass is 14.7. The Kier molecular flexibility index (Phi) is 1.32. The molecule has 1 aliphatic heterocycles. The van der Waals surface area contributed by atoms with Crippen molar-refractivity contribution in [3.05, 3.63) is 29.8 Å². The smallest absolute Gasteiger partial charge is 0.0666 e. The van der Waals surface area contributed by atoms with Crippen LogP contribution in [0.3, 0.4) is 0 Å². The summed E-state index contributed by atoms with van der Waals surface area (Å²) in [4.78, 5) is 4.12. The SMILES string of the molecule is N=C1C=Nc2ccccc2C1. The van der Waals surface area contributed by atoms with Crippen molar-refractivity contribution in [3.8, 4) is 0 Å². The van der Waals surface area contributed by atoms with Gasteiger partial charge in [0.2, 0.25) is 0 Å². The third-order valence-corrected chi connectivity index (χ3v) is 1.73. The maximum absolute atomic E-state index is 7.37. The van der Waals surface area contributed by atoms with Crippen molar-refractivity contribution in [2.75, 3.05) is 0 Å². The second-order valence-electron chi connectivity index (χ2n) is 2.59. The molecule has 0 aliphatic carbocycles. The van der Waals surface area contributed by atoms with E-state index in [1.807, 2.05) is 24.3 Å². The van der Waals surface area contributed by atoms with Crippen LogP contribution in [0.2, 0.25) is 0 Å². The van der Waals surface area contributed by atoms with Crippen molar-refractivity contribution in [1.82, 2.24) is 0 Å². The van der Waals surface area contributed by atoms with Gasteiger partial charge in [-0.15, -0.1) is 0 Å². The molecule has 0 bridgehead atoms. The zero-order valence-corrected chi connectivity index (χ0v) is 6.04. The molecular formula is C9H8N2. The molecule has 1 aliphatic rings. The van der Waals surface area contributed by atoms with Gasteiger partial charge in [0.25, 0.3) is 0 Å². The minimum absolute atomic E-state index is 0.587. The molecule has 0 aromatic heterocycles. The number of benzene rings is 1. The molecule has 1 N–H and O–H groups in total. The van der Waals surface area contributed by atoms with E-state index in [1.54, 1.807) is 6.21 Å². The average Bonchev–Trinajstić information content (AvgIpc) is 2.04. The van der Waals surface area contributed by atoms with Crippen LogP contribution in [0.25, 0.3) is 0 Å². The minimum atomic E-state index is 0.587. The Bertz CT molecular complexity index is 326. The minimum Gasteiger partial charge on any atom is -0.303 e. The summed E-state index contributed by atoms with van der Waals surface area (Å²) in [6, 6.07) is 7.93. The Labute approximate surface area is 65.1 Å². The van der Waals surface area contributed by atoms with E-state index in [4.69, 9.17) is 5.41 Å². The molecule has 1 aromatic rings. The molecular weight excluding hydrogens is 136 g/mol. The van der Waals surface area contributed by atoms with Gasteiger partial charge in [-0.25, -0.2) is 0 Å². The van der Waals surface area contributed by atoms with E-state index in [-0.39, 0.29) is 0 Å². The van der Waals surface area contributed by atoms with Gasteiger partial charge in [0.15, 0.2) is 0 Å². The van der Waals surface area contributed by atoms with Crippen molar-refractivity contribution < 1.29 is 0 Å². The van der Waals surface area contributed by atoms with Crippen LogP contribution in [0.15, 0.2) is 29.3 Å². The predicted molar refractivity (Wildman–Crippen MR) is 46.0 cm³/mol. The van der Waals surface area contributed by atoms with Gasteiger partial charge in [0, 0.05) is 12.6 Å². The molecule has 2 heteroatoms. The van der Waals surface area contributed by atoms with E-state index < -0.39 is 0 Å². The quantitative estimate of drug-likeness (QED) is 0.578. The lowest BCUT2D eigenvalue weighted by atomic mass is 10.0. The number of rotatable bonds is 0. The molecule has 0 radical (unpaired) electrons. The lowest BCUT2D eigenvalue weighted by Crippen LogP contribution is -2.06. The van der Waals surface area contributed by atoms with E-state index in [1.165, 1.54) is 0 Å². The van der Waals surface area contributed by atoms with Gasteiger partial charge < -0.3 is 5.41 Å². The summed E-state index contributed by atoms with van der Waals surface area (Å²) in [7, 11) is 0. The molecule has 11 heavy (non-hydrogen) atoms. The Morgan fingerprint density at radius 3 is 3.00 bits per heavy atom. The van der Waals surface area contributed by atoms with E-state index in [9.17, 15) is 0 Å². The monoisotopic (exact) mass is 144 g/mol. The normalized spacial score (nSPS) is 14.7. The van der Waals surface area contributed by atoms with Crippen molar-refractivity contribution in [3.63, 3.8) is 0 Å². The van der Waals surface area contributed by atoms with Crippen molar-refractivity contribution in [1.29, 1.82) is 5.41 Å². The van der Waals surface area contributed by atoms with Crippen LogP contribution in [0, 0.1) is 5.41 Å². The average molecular weight is 144 g/mol. The molecule has 2 nitrogen and oxygen atoms in total. The Balaban J connectivity index is 2.54. The van der Waals surface area contributed by atoms with Crippen LogP contribution < -0.4 is 0 Å². The Morgan fingerprint density at radius 2 is 2.09 bits per heavy atom. The van der Waals surface area contributed by atoms with Gasteiger partial charge in [0.1, 0.15) is 0 Å². The predicted octanol–water partition coefficient (Wildman–Crippen LogP) is 1.96. The van der Waals surface area contributed by atoms with Gasteiger partial charge in [-0.05, 0) is 11.6 Å². The Hall–Kier alpha value is -1.44. The summed E-state index contributed by atoms with van der Waals surface area (Å²) in [5.41, 5.74) is 2.74. The van der Waals surface area contributed by atoms with Gasteiger partial charge in [-0.2, -0.15) is 0 Å². The number of hydrogen-bond donors (Lipinski definition) is 1. The van der Waals surface area contributed by atoms with Crippen LogP contribution in [-0.2, 0) is 6.42 Å². The number of para-hydroxylation sites is 1. The second kappa shape index (κ2) is 2.31. The van der Waals surface area contributed by atoms with Gasteiger partial charge in [-0.3, -0.25) is 4.99 Å². The van der Waals surface area contributed by atoms with Crippen LogP contribution in [-0.4, -0.2) is 11.9 Å². The molecule has 1 heterocycles. The summed E-state index contributed by atoms with van der Waals surface area (Å²) in [5, 5.41) is 7.37. The topological polar surface area (TPSA) is 36.2 Å². The standard InChI is InChI=1S/C9H8N2/c10-8-5-7-3-1-2-4-9(7)11-6-8/h1-4,6,10H,5H2. The zero-order chi connectivity index (χ0) is 7.68. The van der Waals surface area contributed by atoms with E-state index in [2.05, 4.69) is 4.99 Å². The van der Waals surface area contributed by atoms with Crippen molar-refractivity contribution in [2.24, 2.45) is 4.99 Å². The largest absolute Gasteiger partial charge is 0.303 e. The molecule has 0 spiro atoms. The summed E-state index contributed by atoms with van der Waals surface area (Å²) < 4.78 is 0. The van der Waals surface area contributed by atoms with Crippen molar-refractivity contribution in [2.45, 2.75) is 6.42 Å². The van der Waals surface area contributed by atoms with Crippen LogP contribution in [0.4, 0.5) is 5.69 Å². The fourth-order valence-corrected chi connectivity index (χ4v) is 1.18. The maximum Gasteiger partial charge on any atom is 0.0666 e. The first-order chi connectivity index (χ1) is 5.36. The summed E-state index contributed by atoms with van der Waals surface area (Å²) in [6.45, 7) is 0. The lowest BCUT2D eigenvalue weighted by Gasteiger charge is -2.08. The molecule has 0 unspecified atom stereocenters. The molecule has 0 saturated heterocycles. The first kappa shape index (κ1) is 6.28. The molecule has 0 amide bonds. The zero-order valence-electron chi connectivity index (χ0n) is 6.04. The number of nitrogens with zero attached hydrogens (tertiary/aromatic N) is 1. The third kappa shape index (κ3) is 1.07. The summed E-state index contributed by atoms with van der Waals surface area (Å²) in [5.74, 6) is 0. The summed E-state index contributed by atoms with van der Waals surface area (Å²) >= 11 is 0. The number of aliphatic imine (C=N–C) groups is 1. The van der Waals surface area contributed by atoms with E-state index in [0.717, 1.165) is 17.7 Å². The van der Waals surface area contributed by atoms with E-state index in [0.29, 0.717) is 5.71 Å². The number of hydrogen-bond acceptors (Lipinski definition) is 2. The van der Waals surface area contributed by atoms with E-state index >= 15 is 0 Å². The molecule has 0 saturated carbocycles. The molecule has 0 atom stereocenters. The van der Waals surface area contributed by atoms with Crippen molar-refractivity contribution >= 4 is 17.6 Å².